The molecule has 9 aromatic rings. The summed E-state index contributed by atoms with van der Waals surface area (Å²) in [6.45, 7) is 0. The zero-order valence-electron chi connectivity index (χ0n) is 25.3. The van der Waals surface area contributed by atoms with E-state index in [1.54, 1.807) is 0 Å². The summed E-state index contributed by atoms with van der Waals surface area (Å²) in [6.07, 6.45) is 7.45. The SMILES string of the molecule is [B]c1cc(-c2ccccc2-c2ccc3c(c2)ncc2cccnc23)cc(-c2ccccc2-c2ccc3c(c2)ncc2cccnc23)c1. The summed E-state index contributed by atoms with van der Waals surface area (Å²) < 4.78 is 0. The van der Waals surface area contributed by atoms with Crippen molar-refractivity contribution in [3.05, 3.63) is 152 Å². The molecule has 0 bridgehead atoms. The van der Waals surface area contributed by atoms with E-state index in [0.29, 0.717) is 5.46 Å². The van der Waals surface area contributed by atoms with E-state index in [-0.39, 0.29) is 0 Å². The summed E-state index contributed by atoms with van der Waals surface area (Å²) in [5.74, 6) is 0. The van der Waals surface area contributed by atoms with Crippen LogP contribution in [0.1, 0.15) is 0 Å². The molecule has 5 heteroatoms. The maximum absolute atomic E-state index is 6.63. The third-order valence-electron chi connectivity index (χ3n) is 8.92. The fourth-order valence-corrected chi connectivity index (χ4v) is 6.72. The molecule has 0 amide bonds. The Morgan fingerprint density at radius 2 is 0.830 bits per heavy atom. The standard InChI is InChI=1S/C42H25BN4/c43-32-20-30(35-11-3-1-9-33(35)26-13-15-37-39(22-26)46-24-28-7-5-17-44-41(28)37)19-31(21-32)36-12-4-2-10-34(36)27-14-16-38-40(23-27)47-25-29-8-6-18-45-42(29)38/h1-25H. The first kappa shape index (κ1) is 27.1. The molecule has 0 saturated heterocycles. The Balaban J connectivity index is 1.15. The topological polar surface area (TPSA) is 51.6 Å². The molecule has 0 atom stereocenters. The Labute approximate surface area is 272 Å². The molecule has 0 aliphatic carbocycles. The number of benzene rings is 5. The molecule has 4 aromatic heterocycles. The second-order valence-electron chi connectivity index (χ2n) is 11.8. The van der Waals surface area contributed by atoms with Gasteiger partial charge in [-0.2, -0.15) is 0 Å². The number of nitrogens with zero attached hydrogens (tertiary/aromatic N) is 4. The largest absolute Gasteiger partial charge is 0.255 e. The average Bonchev–Trinajstić information content (AvgIpc) is 3.14. The summed E-state index contributed by atoms with van der Waals surface area (Å²) in [4.78, 5) is 18.8. The van der Waals surface area contributed by atoms with Crippen molar-refractivity contribution >= 4 is 56.9 Å². The predicted octanol–water partition coefficient (Wildman–Crippen LogP) is 9.34. The number of fused-ring (bicyclic) bond motifs is 6. The Hall–Kier alpha value is -6.20. The van der Waals surface area contributed by atoms with Crippen molar-refractivity contribution in [3.63, 3.8) is 0 Å². The highest BCUT2D eigenvalue weighted by Crippen LogP contribution is 2.38. The highest BCUT2D eigenvalue weighted by molar-refractivity contribution is 6.33. The van der Waals surface area contributed by atoms with Crippen LogP contribution in [0.3, 0.4) is 0 Å². The molecule has 0 fully saturated rings. The molecular weight excluding hydrogens is 571 g/mol. The van der Waals surface area contributed by atoms with E-state index in [1.165, 1.54) is 0 Å². The Kier molecular flexibility index (Phi) is 6.35. The third-order valence-corrected chi connectivity index (χ3v) is 8.92. The lowest BCUT2D eigenvalue weighted by Crippen LogP contribution is -2.03. The van der Waals surface area contributed by atoms with Gasteiger partial charge in [-0.3, -0.25) is 19.9 Å². The lowest BCUT2D eigenvalue weighted by Gasteiger charge is -2.16. The number of pyridine rings is 4. The third kappa shape index (κ3) is 4.72. The van der Waals surface area contributed by atoms with Gasteiger partial charge >= 0.3 is 0 Å². The van der Waals surface area contributed by atoms with Crippen LogP contribution < -0.4 is 5.46 Å². The van der Waals surface area contributed by atoms with Gasteiger partial charge < -0.3 is 0 Å². The molecule has 0 saturated carbocycles. The Morgan fingerprint density at radius 3 is 1.30 bits per heavy atom. The molecule has 216 valence electrons. The van der Waals surface area contributed by atoms with Crippen LogP contribution in [0.2, 0.25) is 0 Å². The fourth-order valence-electron chi connectivity index (χ4n) is 6.72. The first-order valence-corrected chi connectivity index (χ1v) is 15.6. The summed E-state index contributed by atoms with van der Waals surface area (Å²) in [5, 5.41) is 4.15. The smallest absolute Gasteiger partial charge is 0.113 e. The average molecular weight is 597 g/mol. The van der Waals surface area contributed by atoms with E-state index < -0.39 is 0 Å². The van der Waals surface area contributed by atoms with E-state index >= 15 is 0 Å². The number of rotatable bonds is 4. The van der Waals surface area contributed by atoms with Crippen molar-refractivity contribution in [1.29, 1.82) is 0 Å². The fraction of sp³-hybridized carbons (Fsp3) is 0. The molecule has 0 unspecified atom stereocenters. The van der Waals surface area contributed by atoms with Gasteiger partial charge in [0.15, 0.2) is 0 Å². The van der Waals surface area contributed by atoms with Gasteiger partial charge in [-0.15, -0.1) is 0 Å². The summed E-state index contributed by atoms with van der Waals surface area (Å²) in [6, 6.07) is 44.1. The van der Waals surface area contributed by atoms with Gasteiger partial charge in [0.05, 0.1) is 22.1 Å². The lowest BCUT2D eigenvalue weighted by atomic mass is 9.84. The second kappa shape index (κ2) is 11.0. The van der Waals surface area contributed by atoms with Gasteiger partial charge in [0, 0.05) is 46.3 Å². The maximum Gasteiger partial charge on any atom is 0.113 e. The maximum atomic E-state index is 6.63. The van der Waals surface area contributed by atoms with Crippen molar-refractivity contribution in [1.82, 2.24) is 19.9 Å². The number of hydrogen-bond acceptors (Lipinski definition) is 4. The molecular formula is C42H25BN4. The highest BCUT2D eigenvalue weighted by Gasteiger charge is 2.14. The van der Waals surface area contributed by atoms with E-state index in [2.05, 4.69) is 113 Å². The molecule has 4 nitrogen and oxygen atoms in total. The van der Waals surface area contributed by atoms with Crippen LogP contribution >= 0.6 is 0 Å². The number of hydrogen-bond donors (Lipinski definition) is 0. The minimum Gasteiger partial charge on any atom is -0.255 e. The van der Waals surface area contributed by atoms with Crippen LogP contribution in [0.25, 0.3) is 88.1 Å². The molecule has 0 aliphatic rings. The molecule has 0 aliphatic heterocycles. The van der Waals surface area contributed by atoms with E-state index in [1.807, 2.05) is 49.1 Å². The van der Waals surface area contributed by atoms with E-state index in [9.17, 15) is 0 Å². The normalized spacial score (nSPS) is 11.5. The molecule has 9 rings (SSSR count). The van der Waals surface area contributed by atoms with Crippen molar-refractivity contribution < 1.29 is 0 Å². The lowest BCUT2D eigenvalue weighted by molar-refractivity contribution is 1.38. The van der Waals surface area contributed by atoms with Gasteiger partial charge in [-0.1, -0.05) is 78.3 Å². The molecule has 0 spiro atoms. The summed E-state index contributed by atoms with van der Waals surface area (Å²) in [7, 11) is 6.63. The second-order valence-corrected chi connectivity index (χ2v) is 11.8. The van der Waals surface area contributed by atoms with Crippen molar-refractivity contribution in [2.45, 2.75) is 0 Å². The van der Waals surface area contributed by atoms with Crippen LogP contribution in [0.4, 0.5) is 0 Å². The Bertz CT molecular complexity index is 2480. The van der Waals surface area contributed by atoms with E-state index in [0.717, 1.165) is 88.1 Å². The van der Waals surface area contributed by atoms with Crippen molar-refractivity contribution in [2.75, 3.05) is 0 Å². The van der Waals surface area contributed by atoms with E-state index in [4.69, 9.17) is 17.8 Å². The van der Waals surface area contributed by atoms with Gasteiger partial charge in [0.2, 0.25) is 0 Å². The van der Waals surface area contributed by atoms with Gasteiger partial charge in [-0.05, 0) is 99.1 Å². The van der Waals surface area contributed by atoms with Gasteiger partial charge in [-0.25, -0.2) is 0 Å². The zero-order chi connectivity index (χ0) is 31.3. The van der Waals surface area contributed by atoms with Crippen LogP contribution in [0, 0.1) is 0 Å². The minimum atomic E-state index is 0.706. The van der Waals surface area contributed by atoms with Gasteiger partial charge in [0.1, 0.15) is 7.85 Å². The molecule has 5 aromatic carbocycles. The van der Waals surface area contributed by atoms with Crippen LogP contribution in [0.15, 0.2) is 152 Å². The molecule has 0 N–H and O–H groups in total. The summed E-state index contributed by atoms with van der Waals surface area (Å²) >= 11 is 0. The van der Waals surface area contributed by atoms with Crippen LogP contribution in [0.5, 0.6) is 0 Å². The van der Waals surface area contributed by atoms with Gasteiger partial charge in [0.25, 0.3) is 0 Å². The molecule has 47 heavy (non-hydrogen) atoms. The van der Waals surface area contributed by atoms with Crippen LogP contribution in [-0.2, 0) is 0 Å². The first-order chi connectivity index (χ1) is 23.2. The Morgan fingerprint density at radius 1 is 0.383 bits per heavy atom. The quantitative estimate of drug-likeness (QED) is 0.150. The molecule has 2 radical (unpaired) electrons. The molecule has 4 heterocycles. The van der Waals surface area contributed by atoms with Crippen molar-refractivity contribution in [3.8, 4) is 44.5 Å². The highest BCUT2D eigenvalue weighted by atomic mass is 14.7. The monoisotopic (exact) mass is 596 g/mol. The summed E-state index contributed by atoms with van der Waals surface area (Å²) in [5.41, 5.74) is 13.2. The number of aromatic nitrogens is 4. The zero-order valence-corrected chi connectivity index (χ0v) is 25.3. The predicted molar refractivity (Wildman–Crippen MR) is 195 cm³/mol. The first-order valence-electron chi connectivity index (χ1n) is 15.6. The minimum absolute atomic E-state index is 0.706. The van der Waals surface area contributed by atoms with Crippen LogP contribution in [-0.4, -0.2) is 27.8 Å². The van der Waals surface area contributed by atoms with Crippen molar-refractivity contribution in [2.24, 2.45) is 0 Å².